The molecule has 0 aliphatic heterocycles. The van der Waals surface area contributed by atoms with Crippen molar-refractivity contribution >= 4 is 0 Å². The molecule has 5 heteroatoms. The van der Waals surface area contributed by atoms with E-state index in [1.807, 2.05) is 39.0 Å². The molecule has 18 heavy (non-hydrogen) atoms. The summed E-state index contributed by atoms with van der Waals surface area (Å²) in [5.41, 5.74) is 2.07. The molecule has 0 saturated heterocycles. The molecular formula is C13H16N2O3. The second kappa shape index (κ2) is 5.08. The Bertz CT molecular complexity index is 599. The minimum absolute atomic E-state index is 0.204. The summed E-state index contributed by atoms with van der Waals surface area (Å²) in [6, 6.07) is 6.08. The van der Waals surface area contributed by atoms with Crippen LogP contribution in [0, 0.1) is 13.8 Å². The second-order valence-electron chi connectivity index (χ2n) is 4.25. The normalized spacial score (nSPS) is 10.6. The fraction of sp³-hybridized carbons (Fsp3) is 0.385. The van der Waals surface area contributed by atoms with Gasteiger partial charge in [0.15, 0.2) is 0 Å². The summed E-state index contributed by atoms with van der Waals surface area (Å²) in [6.45, 7) is 6.43. The largest absolute Gasteiger partial charge is 0.444 e. The molecule has 0 N–H and O–H groups in total. The molecule has 1 heterocycles. The molecule has 0 unspecified atom stereocenters. The van der Waals surface area contributed by atoms with Crippen molar-refractivity contribution in [2.75, 3.05) is 0 Å². The summed E-state index contributed by atoms with van der Waals surface area (Å²) in [5, 5.41) is 3.65. The maximum absolute atomic E-state index is 11.4. The lowest BCUT2D eigenvalue weighted by molar-refractivity contribution is 0.350. The van der Waals surface area contributed by atoms with Crippen molar-refractivity contribution in [2.45, 2.75) is 33.7 Å². The Morgan fingerprint density at radius 3 is 2.89 bits per heavy atom. The quantitative estimate of drug-likeness (QED) is 0.834. The Morgan fingerprint density at radius 1 is 1.39 bits per heavy atom. The zero-order valence-electron chi connectivity index (χ0n) is 10.8. The van der Waals surface area contributed by atoms with Gasteiger partial charge in [0.25, 0.3) is 0 Å². The van der Waals surface area contributed by atoms with E-state index in [4.69, 9.17) is 4.74 Å². The van der Waals surface area contributed by atoms with E-state index in [0.717, 1.165) is 17.5 Å². The van der Waals surface area contributed by atoms with Crippen LogP contribution in [0.5, 0.6) is 11.8 Å². The number of benzene rings is 1. The molecule has 0 radical (unpaired) electrons. The second-order valence-corrected chi connectivity index (χ2v) is 4.25. The third-order valence-electron chi connectivity index (χ3n) is 2.65. The van der Waals surface area contributed by atoms with Gasteiger partial charge in [0.1, 0.15) is 5.75 Å². The number of rotatable bonds is 4. The van der Waals surface area contributed by atoms with Crippen LogP contribution in [0.4, 0.5) is 0 Å². The van der Waals surface area contributed by atoms with Crippen molar-refractivity contribution in [1.29, 1.82) is 0 Å². The summed E-state index contributed by atoms with van der Waals surface area (Å²) >= 11 is 0. The lowest BCUT2D eigenvalue weighted by Crippen LogP contribution is -2.14. The molecule has 96 valence electrons. The van der Waals surface area contributed by atoms with Crippen LogP contribution in [0.25, 0.3) is 0 Å². The molecule has 2 rings (SSSR count). The third-order valence-corrected chi connectivity index (χ3v) is 2.65. The maximum atomic E-state index is 11.4. The van der Waals surface area contributed by atoms with Crippen LogP contribution in [0.3, 0.4) is 0 Å². The number of hydrogen-bond donors (Lipinski definition) is 0. The molecule has 0 amide bonds. The highest BCUT2D eigenvalue weighted by atomic mass is 16.6. The van der Waals surface area contributed by atoms with E-state index in [2.05, 4.69) is 9.68 Å². The molecule has 1 aromatic heterocycles. The first kappa shape index (κ1) is 12.4. The first-order valence-electron chi connectivity index (χ1n) is 5.93. The number of ether oxygens (including phenoxy) is 1. The van der Waals surface area contributed by atoms with Crippen LogP contribution in [0.15, 0.2) is 27.5 Å². The van der Waals surface area contributed by atoms with Crippen molar-refractivity contribution in [3.63, 3.8) is 0 Å². The van der Waals surface area contributed by atoms with E-state index < -0.39 is 5.76 Å². The Hall–Kier alpha value is -2.04. The van der Waals surface area contributed by atoms with Gasteiger partial charge in [0.2, 0.25) is 0 Å². The van der Waals surface area contributed by atoms with E-state index >= 15 is 0 Å². The van der Waals surface area contributed by atoms with Gasteiger partial charge in [0.05, 0.1) is 0 Å². The molecule has 0 aliphatic carbocycles. The zero-order chi connectivity index (χ0) is 13.1. The van der Waals surface area contributed by atoms with Gasteiger partial charge in [-0.3, -0.25) is 4.52 Å². The van der Waals surface area contributed by atoms with E-state index in [-0.39, 0.29) is 6.01 Å². The smallest absolute Gasteiger partial charge is 0.423 e. The van der Waals surface area contributed by atoms with Crippen LogP contribution in [0.2, 0.25) is 0 Å². The average Bonchev–Trinajstić information content (AvgIpc) is 2.67. The van der Waals surface area contributed by atoms with Crippen molar-refractivity contribution < 1.29 is 9.26 Å². The number of aromatic nitrogens is 2. The van der Waals surface area contributed by atoms with Gasteiger partial charge >= 0.3 is 11.8 Å². The van der Waals surface area contributed by atoms with Gasteiger partial charge in [-0.25, -0.2) is 9.36 Å². The molecule has 0 spiro atoms. The van der Waals surface area contributed by atoms with Gasteiger partial charge in [-0.15, -0.1) is 0 Å². The predicted octanol–water partition coefficient (Wildman–Crippen LogP) is 2.66. The molecule has 0 aliphatic rings. The van der Waals surface area contributed by atoms with Gasteiger partial charge < -0.3 is 4.74 Å². The number of aryl methyl sites for hydroxylation is 2. The van der Waals surface area contributed by atoms with Crippen LogP contribution >= 0.6 is 0 Å². The van der Waals surface area contributed by atoms with Crippen molar-refractivity contribution in [1.82, 2.24) is 9.72 Å². The predicted molar refractivity (Wildman–Crippen MR) is 67.0 cm³/mol. The molecule has 5 nitrogen and oxygen atoms in total. The molecule has 0 bridgehead atoms. The van der Waals surface area contributed by atoms with Gasteiger partial charge in [-0.2, -0.15) is 0 Å². The van der Waals surface area contributed by atoms with E-state index in [9.17, 15) is 4.79 Å². The monoisotopic (exact) mass is 248 g/mol. The molecule has 0 saturated carbocycles. The topological polar surface area (TPSA) is 57.3 Å². The Kier molecular flexibility index (Phi) is 3.50. The summed E-state index contributed by atoms with van der Waals surface area (Å²) in [4.78, 5) is 11.4. The lowest BCUT2D eigenvalue weighted by Gasteiger charge is -2.08. The molecule has 1 aromatic carbocycles. The highest BCUT2D eigenvalue weighted by Gasteiger charge is 2.13. The highest BCUT2D eigenvalue weighted by molar-refractivity contribution is 5.37. The van der Waals surface area contributed by atoms with E-state index in [1.165, 1.54) is 4.57 Å². The molecule has 0 atom stereocenters. The van der Waals surface area contributed by atoms with E-state index in [1.54, 1.807) is 0 Å². The lowest BCUT2D eigenvalue weighted by atomic mass is 10.1. The van der Waals surface area contributed by atoms with Crippen LogP contribution < -0.4 is 10.5 Å². The van der Waals surface area contributed by atoms with Crippen molar-refractivity contribution in [2.24, 2.45) is 0 Å². The first-order chi connectivity index (χ1) is 8.61. The van der Waals surface area contributed by atoms with Crippen LogP contribution in [-0.2, 0) is 6.54 Å². The molecule has 2 aromatic rings. The Morgan fingerprint density at radius 2 is 2.17 bits per heavy atom. The standard InChI is InChI=1S/C13H16N2O3/c1-4-7-15-12(14-18-13(15)16)17-11-8-9(2)5-6-10(11)3/h5-6,8H,4,7H2,1-3H3. The minimum atomic E-state index is -0.489. The summed E-state index contributed by atoms with van der Waals surface area (Å²) in [6.07, 6.45) is 0.810. The fourth-order valence-electron chi connectivity index (χ4n) is 1.65. The van der Waals surface area contributed by atoms with Gasteiger partial charge in [-0.05, 0) is 42.6 Å². The minimum Gasteiger partial charge on any atom is -0.423 e. The molecular weight excluding hydrogens is 232 g/mol. The maximum Gasteiger partial charge on any atom is 0.444 e. The third kappa shape index (κ3) is 2.45. The fourth-order valence-corrected chi connectivity index (χ4v) is 1.65. The summed E-state index contributed by atoms with van der Waals surface area (Å²) < 4.78 is 11.7. The molecule has 0 fully saturated rings. The van der Waals surface area contributed by atoms with Crippen LogP contribution in [-0.4, -0.2) is 9.72 Å². The highest BCUT2D eigenvalue weighted by Crippen LogP contribution is 2.24. The van der Waals surface area contributed by atoms with Crippen molar-refractivity contribution in [3.05, 3.63) is 39.9 Å². The zero-order valence-corrected chi connectivity index (χ0v) is 10.8. The summed E-state index contributed by atoms with van der Waals surface area (Å²) in [7, 11) is 0. The van der Waals surface area contributed by atoms with Gasteiger partial charge in [0, 0.05) is 6.54 Å². The number of hydrogen-bond acceptors (Lipinski definition) is 4. The number of nitrogens with zero attached hydrogens (tertiary/aromatic N) is 2. The average molecular weight is 248 g/mol. The Balaban J connectivity index is 2.34. The SMILES string of the molecule is CCCn1c(Oc2cc(C)ccc2C)noc1=O. The van der Waals surface area contributed by atoms with Gasteiger partial charge in [-0.1, -0.05) is 19.1 Å². The Labute approximate surface area is 105 Å². The first-order valence-corrected chi connectivity index (χ1v) is 5.93. The summed E-state index contributed by atoms with van der Waals surface area (Å²) in [5.74, 6) is 0.199. The van der Waals surface area contributed by atoms with Crippen molar-refractivity contribution in [3.8, 4) is 11.8 Å². The van der Waals surface area contributed by atoms with E-state index in [0.29, 0.717) is 12.3 Å². The van der Waals surface area contributed by atoms with Crippen LogP contribution in [0.1, 0.15) is 24.5 Å².